The Hall–Kier alpha value is -3.58. The number of hydrogen-bond donors (Lipinski definition) is 4. The van der Waals surface area contributed by atoms with Crippen molar-refractivity contribution in [2.45, 2.75) is 48.7 Å². The van der Waals surface area contributed by atoms with Gasteiger partial charge < -0.3 is 39.8 Å². The molecule has 0 unspecified atom stereocenters. The van der Waals surface area contributed by atoms with Crippen molar-refractivity contribution < 1.29 is 57.5 Å². The summed E-state index contributed by atoms with van der Waals surface area (Å²) in [6.45, 7) is 4.23. The summed E-state index contributed by atoms with van der Waals surface area (Å²) in [4.78, 5) is 25.9. The number of oxazole rings is 1. The summed E-state index contributed by atoms with van der Waals surface area (Å²) in [5.74, 6) is -1.90. The molecule has 4 atom stereocenters. The van der Waals surface area contributed by atoms with Gasteiger partial charge in [0, 0.05) is 31.3 Å². The van der Waals surface area contributed by atoms with Crippen LogP contribution in [0.4, 0.5) is 17.6 Å². The van der Waals surface area contributed by atoms with Crippen LogP contribution >= 0.6 is 11.8 Å². The number of aryl methyl sites for hydroxylation is 1. The summed E-state index contributed by atoms with van der Waals surface area (Å²) in [7, 11) is 1.88. The summed E-state index contributed by atoms with van der Waals surface area (Å²) in [5, 5.41) is 41.8. The molecule has 0 bridgehead atoms. The normalized spacial score (nSPS) is 20.6. The zero-order valence-corrected chi connectivity index (χ0v) is 24.3. The molecule has 1 saturated carbocycles. The first-order valence-electron chi connectivity index (χ1n) is 13.0. The third kappa shape index (κ3) is 7.37. The van der Waals surface area contributed by atoms with Gasteiger partial charge >= 0.3 is 18.1 Å². The Morgan fingerprint density at radius 3 is 2.39 bits per heavy atom. The molecule has 3 aromatic rings. The Balaban J connectivity index is 0.000000417. The molecule has 6 N–H and O–H groups in total. The molecule has 18 heteroatoms. The van der Waals surface area contributed by atoms with Crippen LogP contribution in [0.3, 0.4) is 0 Å². The minimum Gasteiger partial charge on any atom is -0.479 e. The maximum absolute atomic E-state index is 14.5. The molecular weight excluding hydrogens is 618 g/mol. The predicted octanol–water partition coefficient (Wildman–Crippen LogP) is 1.74. The Kier molecular flexibility index (Phi) is 10.8. The standard InChI is InChI=1S/C22H23F4N5OS.C4H6O6.H2O/c1-13-18(32-12-27-13)19-28-29-20(30(19)2)33-7-3-6-31-10-15-9-21(15,11-31)16-5-4-14(8-17(16)23)22(24,25)26;5-1(3(7)8)2(6)4(9)10;/h4-5,8,12,15H,3,6-7,9-11H2,1-2H3;1-2,5-6H,(H,7,8)(H,9,10);1H2/t15-,21-;1-,2-;/m01./s1. The van der Waals surface area contributed by atoms with Gasteiger partial charge in [0.1, 0.15) is 5.82 Å². The van der Waals surface area contributed by atoms with Gasteiger partial charge in [0.25, 0.3) is 0 Å². The second-order valence-electron chi connectivity index (χ2n) is 10.4. The number of aliphatic hydroxyl groups is 2. The molecule has 2 fully saturated rings. The van der Waals surface area contributed by atoms with E-state index in [-0.39, 0.29) is 10.9 Å². The number of aromatic nitrogens is 4. The van der Waals surface area contributed by atoms with Crippen LogP contribution in [0.25, 0.3) is 11.6 Å². The minimum absolute atomic E-state index is 0. The van der Waals surface area contributed by atoms with E-state index in [1.165, 1.54) is 12.5 Å². The van der Waals surface area contributed by atoms with Crippen LogP contribution < -0.4 is 0 Å². The van der Waals surface area contributed by atoms with Crippen molar-refractivity contribution in [2.24, 2.45) is 13.0 Å². The molecular formula is C26H31F4N5O8S. The predicted molar refractivity (Wildman–Crippen MR) is 145 cm³/mol. The van der Waals surface area contributed by atoms with Gasteiger partial charge in [0.2, 0.25) is 5.82 Å². The zero-order valence-electron chi connectivity index (χ0n) is 23.5. The number of nitrogens with zero attached hydrogens (tertiary/aromatic N) is 5. The van der Waals surface area contributed by atoms with Gasteiger partial charge in [0.05, 0.1) is 11.3 Å². The van der Waals surface area contributed by atoms with Crippen LogP contribution in [0.1, 0.15) is 29.7 Å². The van der Waals surface area contributed by atoms with Crippen LogP contribution in [0, 0.1) is 18.7 Å². The highest BCUT2D eigenvalue weighted by Gasteiger charge is 2.61. The monoisotopic (exact) mass is 649 g/mol. The summed E-state index contributed by atoms with van der Waals surface area (Å²) < 4.78 is 60.4. The highest BCUT2D eigenvalue weighted by atomic mass is 32.2. The lowest BCUT2D eigenvalue weighted by molar-refractivity contribution is -0.165. The zero-order chi connectivity index (χ0) is 31.7. The van der Waals surface area contributed by atoms with E-state index in [0.717, 1.165) is 48.6 Å². The number of carboxylic acid groups (broad SMARTS) is 2. The van der Waals surface area contributed by atoms with Gasteiger partial charge in [-0.05, 0) is 49.9 Å². The Morgan fingerprint density at radius 1 is 1.18 bits per heavy atom. The van der Waals surface area contributed by atoms with E-state index in [1.54, 1.807) is 11.8 Å². The van der Waals surface area contributed by atoms with Crippen molar-refractivity contribution in [1.82, 2.24) is 24.6 Å². The molecule has 0 radical (unpaired) electrons. The number of piperidine rings is 1. The fourth-order valence-corrected chi connectivity index (χ4v) is 5.98. The van der Waals surface area contributed by atoms with Crippen molar-refractivity contribution in [3.05, 3.63) is 47.2 Å². The molecule has 2 aliphatic rings. The molecule has 0 spiro atoms. The number of thioether (sulfide) groups is 1. The van der Waals surface area contributed by atoms with E-state index in [1.807, 2.05) is 18.5 Å². The third-order valence-corrected chi connectivity index (χ3v) is 8.59. The van der Waals surface area contributed by atoms with Gasteiger partial charge in [-0.1, -0.05) is 17.8 Å². The lowest BCUT2D eigenvalue weighted by Crippen LogP contribution is -2.39. The van der Waals surface area contributed by atoms with E-state index in [2.05, 4.69) is 20.1 Å². The van der Waals surface area contributed by atoms with Crippen LogP contribution in [0.15, 0.2) is 34.2 Å². The van der Waals surface area contributed by atoms with Gasteiger partial charge in [-0.15, -0.1) is 10.2 Å². The molecule has 44 heavy (non-hydrogen) atoms. The van der Waals surface area contributed by atoms with Crippen LogP contribution in [0.5, 0.6) is 0 Å². The number of fused-ring (bicyclic) bond motifs is 1. The first kappa shape index (κ1) is 34.9. The average Bonchev–Trinajstić information content (AvgIpc) is 3.21. The molecule has 0 amide bonds. The summed E-state index contributed by atoms with van der Waals surface area (Å²) >= 11 is 1.60. The second-order valence-corrected chi connectivity index (χ2v) is 11.4. The summed E-state index contributed by atoms with van der Waals surface area (Å²) in [5.41, 5.74) is -0.0937. The van der Waals surface area contributed by atoms with Crippen LogP contribution in [0.2, 0.25) is 0 Å². The molecule has 1 aromatic carbocycles. The molecule has 1 aliphatic heterocycles. The molecule has 13 nitrogen and oxygen atoms in total. The highest BCUT2D eigenvalue weighted by Crippen LogP contribution is 2.59. The summed E-state index contributed by atoms with van der Waals surface area (Å²) in [6, 6.07) is 2.96. The quantitative estimate of drug-likeness (QED) is 0.141. The minimum atomic E-state index is -4.53. The van der Waals surface area contributed by atoms with Crippen molar-refractivity contribution in [1.29, 1.82) is 0 Å². The number of hydrogen-bond acceptors (Lipinski definition) is 10. The van der Waals surface area contributed by atoms with Gasteiger partial charge in [-0.3, -0.25) is 0 Å². The fraction of sp³-hybridized carbons (Fsp3) is 0.500. The topological polar surface area (TPSA) is 207 Å². The number of rotatable bonds is 10. The average molecular weight is 650 g/mol. The largest absolute Gasteiger partial charge is 0.479 e. The maximum atomic E-state index is 14.5. The first-order valence-corrected chi connectivity index (χ1v) is 14.0. The number of carbonyl (C=O) groups is 2. The van der Waals surface area contributed by atoms with E-state index >= 15 is 0 Å². The maximum Gasteiger partial charge on any atom is 0.416 e. The Labute approximate surface area is 251 Å². The Morgan fingerprint density at radius 2 is 1.84 bits per heavy atom. The second kappa shape index (κ2) is 13.6. The smallest absolute Gasteiger partial charge is 0.416 e. The molecule has 242 valence electrons. The highest BCUT2D eigenvalue weighted by molar-refractivity contribution is 7.99. The van der Waals surface area contributed by atoms with E-state index < -0.39 is 41.7 Å². The van der Waals surface area contributed by atoms with E-state index in [0.29, 0.717) is 35.7 Å². The van der Waals surface area contributed by atoms with E-state index in [4.69, 9.17) is 24.8 Å². The molecule has 3 heterocycles. The Bertz CT molecular complexity index is 1470. The van der Waals surface area contributed by atoms with Crippen molar-refractivity contribution >= 4 is 23.7 Å². The van der Waals surface area contributed by atoms with Crippen molar-refractivity contribution in [3.63, 3.8) is 0 Å². The molecule has 2 aromatic heterocycles. The fourth-order valence-electron chi connectivity index (χ4n) is 5.15. The van der Waals surface area contributed by atoms with E-state index in [9.17, 15) is 27.2 Å². The molecule has 1 aliphatic carbocycles. The number of aliphatic carboxylic acids is 2. The lowest BCUT2D eigenvalue weighted by Gasteiger charge is -2.21. The number of benzene rings is 1. The van der Waals surface area contributed by atoms with Gasteiger partial charge in [-0.25, -0.2) is 19.0 Å². The number of alkyl halides is 3. The van der Waals surface area contributed by atoms with Crippen molar-refractivity contribution in [2.75, 3.05) is 25.4 Å². The van der Waals surface area contributed by atoms with Crippen LogP contribution in [-0.4, -0.2) is 100 Å². The number of likely N-dealkylation sites (tertiary alicyclic amines) is 1. The van der Waals surface area contributed by atoms with Crippen molar-refractivity contribution in [3.8, 4) is 11.6 Å². The van der Waals surface area contributed by atoms with Gasteiger partial charge in [0.15, 0.2) is 29.5 Å². The number of aliphatic hydroxyl groups excluding tert-OH is 2. The molecule has 1 saturated heterocycles. The lowest BCUT2D eigenvalue weighted by atomic mass is 9.93. The summed E-state index contributed by atoms with van der Waals surface area (Å²) in [6.07, 6.45) is -5.93. The number of halogens is 4. The molecule has 5 rings (SSSR count). The van der Waals surface area contributed by atoms with Crippen LogP contribution in [-0.2, 0) is 28.2 Å². The SMILES string of the molecule is Cc1ncoc1-c1nnc(SCCCN2C[C@@H]3C[C@]3(c3ccc(C(F)(F)F)cc3F)C2)n1C.O.O=C(O)[C@H](O)[C@@H](O)C(=O)O. The third-order valence-electron chi connectivity index (χ3n) is 7.49. The number of carboxylic acids is 2. The van der Waals surface area contributed by atoms with Gasteiger partial charge in [-0.2, -0.15) is 13.2 Å². The first-order chi connectivity index (χ1) is 20.2.